The molecular formula is C30H24FN5O3S2. The Kier molecular flexibility index (Phi) is 6.98. The highest BCUT2D eigenvalue weighted by Gasteiger charge is 2.23. The van der Waals surface area contributed by atoms with Gasteiger partial charge in [-0.3, -0.25) is 0 Å². The summed E-state index contributed by atoms with van der Waals surface area (Å²) in [5, 5.41) is 13.8. The number of aryl methyl sites for hydroxylation is 1. The van der Waals surface area contributed by atoms with Gasteiger partial charge in [0.2, 0.25) is 11.1 Å². The Morgan fingerprint density at radius 1 is 0.976 bits per heavy atom. The molecule has 6 rings (SSSR count). The van der Waals surface area contributed by atoms with Crippen LogP contribution in [0.5, 0.6) is 5.75 Å². The van der Waals surface area contributed by atoms with E-state index in [-0.39, 0.29) is 4.90 Å². The van der Waals surface area contributed by atoms with Crippen LogP contribution in [0.25, 0.3) is 32.7 Å². The van der Waals surface area contributed by atoms with Crippen LogP contribution < -0.4 is 10.1 Å². The smallest absolute Gasteiger partial charge is 0.268 e. The molecule has 3 aromatic heterocycles. The molecule has 1 N–H and O–H groups in total. The van der Waals surface area contributed by atoms with Crippen molar-refractivity contribution < 1.29 is 17.5 Å². The molecule has 3 heterocycles. The number of nitrogens with one attached hydrogen (secondary N) is 1. The highest BCUT2D eigenvalue weighted by Crippen LogP contribution is 2.36. The van der Waals surface area contributed by atoms with Crippen LogP contribution in [0, 0.1) is 12.9 Å². The number of methoxy groups -OCH3 is 1. The molecular weight excluding hydrogens is 561 g/mol. The molecule has 0 saturated heterocycles. The molecule has 0 fully saturated rings. The number of hydrogen-bond donors (Lipinski definition) is 1. The maximum atomic E-state index is 14.1. The van der Waals surface area contributed by atoms with Crippen molar-refractivity contribution in [1.29, 1.82) is 0 Å². The average Bonchev–Trinajstić information content (AvgIpc) is 3.62. The van der Waals surface area contributed by atoms with Gasteiger partial charge in [-0.15, -0.1) is 10.2 Å². The van der Waals surface area contributed by atoms with Crippen molar-refractivity contribution in [2.24, 2.45) is 0 Å². The summed E-state index contributed by atoms with van der Waals surface area (Å²) in [7, 11) is -2.31. The van der Waals surface area contributed by atoms with Gasteiger partial charge >= 0.3 is 0 Å². The summed E-state index contributed by atoms with van der Waals surface area (Å²) in [6.07, 6.45) is 1.49. The zero-order valence-corrected chi connectivity index (χ0v) is 23.7. The van der Waals surface area contributed by atoms with Gasteiger partial charge in [-0.05, 0) is 67.1 Å². The number of hydrogen-bond acceptors (Lipinski definition) is 8. The summed E-state index contributed by atoms with van der Waals surface area (Å²) in [5.41, 5.74) is 4.01. The minimum atomic E-state index is -3.94. The second kappa shape index (κ2) is 10.8. The van der Waals surface area contributed by atoms with Crippen molar-refractivity contribution in [2.75, 3.05) is 12.4 Å². The van der Waals surface area contributed by atoms with Gasteiger partial charge in [0.05, 0.1) is 23.2 Å². The molecule has 11 heteroatoms. The normalized spacial score (nSPS) is 11.6. The minimum absolute atomic E-state index is 0.152. The van der Waals surface area contributed by atoms with Crippen molar-refractivity contribution in [3.63, 3.8) is 0 Å². The largest absolute Gasteiger partial charge is 0.497 e. The van der Waals surface area contributed by atoms with Gasteiger partial charge in [0, 0.05) is 29.3 Å². The zero-order chi connectivity index (χ0) is 28.6. The van der Waals surface area contributed by atoms with Crippen LogP contribution in [0.15, 0.2) is 96.0 Å². The first-order valence-electron chi connectivity index (χ1n) is 12.6. The summed E-state index contributed by atoms with van der Waals surface area (Å²) in [4.78, 5) is 4.18. The van der Waals surface area contributed by atoms with Gasteiger partial charge in [-0.25, -0.2) is 17.4 Å². The number of pyridine rings is 1. The zero-order valence-electron chi connectivity index (χ0n) is 22.1. The van der Waals surface area contributed by atoms with Crippen molar-refractivity contribution in [1.82, 2.24) is 19.2 Å². The van der Waals surface area contributed by atoms with Crippen LogP contribution in [0.4, 0.5) is 9.52 Å². The Balaban J connectivity index is 1.38. The molecule has 206 valence electrons. The Bertz CT molecular complexity index is 1970. The van der Waals surface area contributed by atoms with E-state index >= 15 is 0 Å². The summed E-state index contributed by atoms with van der Waals surface area (Å²) in [6.45, 7) is 2.46. The number of benzene rings is 3. The number of aromatic nitrogens is 4. The van der Waals surface area contributed by atoms with E-state index < -0.39 is 16.0 Å². The minimum Gasteiger partial charge on any atom is -0.497 e. The number of nitrogens with zero attached hydrogens (tertiary/aromatic N) is 4. The number of halogens is 1. The van der Waals surface area contributed by atoms with Gasteiger partial charge in [0.15, 0.2) is 0 Å². The maximum absolute atomic E-state index is 14.1. The van der Waals surface area contributed by atoms with E-state index in [0.717, 1.165) is 22.4 Å². The predicted octanol–water partition coefficient (Wildman–Crippen LogP) is 6.53. The third kappa shape index (κ3) is 5.29. The van der Waals surface area contributed by atoms with Gasteiger partial charge in [-0.1, -0.05) is 47.2 Å². The number of fused-ring (bicyclic) bond motifs is 1. The molecule has 0 atom stereocenters. The first-order valence-corrected chi connectivity index (χ1v) is 14.9. The van der Waals surface area contributed by atoms with E-state index in [2.05, 4.69) is 20.5 Å². The molecule has 0 bridgehead atoms. The van der Waals surface area contributed by atoms with E-state index in [1.54, 1.807) is 55.6 Å². The fourth-order valence-electron chi connectivity index (χ4n) is 4.45. The van der Waals surface area contributed by atoms with Crippen molar-refractivity contribution in [2.45, 2.75) is 18.4 Å². The first-order chi connectivity index (χ1) is 19.8. The molecule has 0 aliphatic rings. The lowest BCUT2D eigenvalue weighted by atomic mass is 10.1. The standard InChI is InChI=1S/C30H24FN5O3S2/c1-19-6-13-23(14-7-19)41(37,38)36-18-25(26-4-3-5-28(31)33-26)24-16-21(10-15-27(24)36)29-34-35-30(40-29)32-17-20-8-11-22(39-2)12-9-20/h3-16,18H,17H2,1-2H3,(H,32,35). The van der Waals surface area contributed by atoms with Gasteiger partial charge in [0.1, 0.15) is 10.8 Å². The fraction of sp³-hybridized carbons (Fsp3) is 0.100. The first kappa shape index (κ1) is 26.6. The second-order valence-corrected chi connectivity index (χ2v) is 12.1. The predicted molar refractivity (Wildman–Crippen MR) is 158 cm³/mol. The summed E-state index contributed by atoms with van der Waals surface area (Å²) in [6, 6.07) is 24.2. The molecule has 0 radical (unpaired) electrons. The highest BCUT2D eigenvalue weighted by atomic mass is 32.2. The Morgan fingerprint density at radius 2 is 1.76 bits per heavy atom. The number of rotatable bonds is 8. The van der Waals surface area contributed by atoms with Crippen LogP contribution in [-0.4, -0.2) is 34.7 Å². The lowest BCUT2D eigenvalue weighted by molar-refractivity contribution is 0.414. The van der Waals surface area contributed by atoms with Crippen LogP contribution in [0.2, 0.25) is 0 Å². The molecule has 0 unspecified atom stereocenters. The number of ether oxygens (including phenoxy) is 1. The average molecular weight is 586 g/mol. The van der Waals surface area contributed by atoms with Crippen molar-refractivity contribution in [3.8, 4) is 27.6 Å². The molecule has 3 aromatic carbocycles. The fourth-order valence-corrected chi connectivity index (χ4v) is 6.56. The third-order valence-electron chi connectivity index (χ3n) is 6.61. The van der Waals surface area contributed by atoms with Gasteiger partial charge in [0.25, 0.3) is 10.0 Å². The molecule has 41 heavy (non-hydrogen) atoms. The monoisotopic (exact) mass is 585 g/mol. The second-order valence-electron chi connectivity index (χ2n) is 9.35. The van der Waals surface area contributed by atoms with Crippen LogP contribution >= 0.6 is 11.3 Å². The van der Waals surface area contributed by atoms with E-state index in [4.69, 9.17) is 4.74 Å². The SMILES string of the molecule is COc1ccc(CNc2nnc(-c3ccc4c(c3)c(-c3cccc(F)n3)cn4S(=O)(=O)c3ccc(C)cc3)s2)cc1. The molecule has 0 aliphatic heterocycles. The lowest BCUT2D eigenvalue weighted by Gasteiger charge is -2.08. The Hall–Kier alpha value is -4.61. The van der Waals surface area contributed by atoms with E-state index in [9.17, 15) is 12.8 Å². The molecule has 0 aliphatic carbocycles. The van der Waals surface area contributed by atoms with Crippen LogP contribution in [-0.2, 0) is 16.6 Å². The van der Waals surface area contributed by atoms with E-state index in [1.807, 2.05) is 37.3 Å². The van der Waals surface area contributed by atoms with Gasteiger partial charge in [-0.2, -0.15) is 4.39 Å². The molecule has 6 aromatic rings. The molecule has 8 nitrogen and oxygen atoms in total. The quantitative estimate of drug-likeness (QED) is 0.203. The third-order valence-corrected chi connectivity index (χ3v) is 9.23. The van der Waals surface area contributed by atoms with Crippen LogP contribution in [0.3, 0.4) is 0 Å². The molecule has 0 spiro atoms. The molecule has 0 saturated carbocycles. The Labute approximate surface area is 240 Å². The van der Waals surface area contributed by atoms with E-state index in [0.29, 0.717) is 38.8 Å². The lowest BCUT2D eigenvalue weighted by Crippen LogP contribution is -2.11. The Morgan fingerprint density at radius 3 is 2.49 bits per heavy atom. The highest BCUT2D eigenvalue weighted by molar-refractivity contribution is 7.90. The maximum Gasteiger partial charge on any atom is 0.268 e. The van der Waals surface area contributed by atoms with Crippen molar-refractivity contribution >= 4 is 37.4 Å². The molecule has 0 amide bonds. The number of anilines is 1. The summed E-state index contributed by atoms with van der Waals surface area (Å²) >= 11 is 1.38. The summed E-state index contributed by atoms with van der Waals surface area (Å²) < 4.78 is 47.9. The van der Waals surface area contributed by atoms with E-state index in [1.165, 1.54) is 27.6 Å². The van der Waals surface area contributed by atoms with Crippen LogP contribution in [0.1, 0.15) is 11.1 Å². The van der Waals surface area contributed by atoms with Gasteiger partial charge < -0.3 is 10.1 Å². The van der Waals surface area contributed by atoms with Crippen molar-refractivity contribution in [3.05, 3.63) is 108 Å². The topological polar surface area (TPSA) is 99.0 Å². The summed E-state index contributed by atoms with van der Waals surface area (Å²) in [5.74, 6) is 0.133.